The first-order valence-corrected chi connectivity index (χ1v) is 6.10. The van der Waals surface area contributed by atoms with E-state index in [1.807, 2.05) is 25.1 Å². The van der Waals surface area contributed by atoms with Gasteiger partial charge in [-0.1, -0.05) is 6.07 Å². The molecule has 0 heterocycles. The SMILES string of the molecule is COc1cc(C)ccc1OC1(CC(=O)O)CCC1. The lowest BCUT2D eigenvalue weighted by molar-refractivity contribution is -0.144. The normalized spacial score (nSPS) is 16.8. The van der Waals surface area contributed by atoms with Crippen LogP contribution in [0.3, 0.4) is 0 Å². The fourth-order valence-corrected chi connectivity index (χ4v) is 2.25. The van der Waals surface area contributed by atoms with Crippen molar-refractivity contribution >= 4 is 5.97 Å². The minimum Gasteiger partial charge on any atom is -0.493 e. The van der Waals surface area contributed by atoms with E-state index in [4.69, 9.17) is 14.6 Å². The zero-order valence-corrected chi connectivity index (χ0v) is 10.7. The second-order valence-electron chi connectivity index (χ2n) is 4.86. The molecule has 1 N–H and O–H groups in total. The molecule has 0 unspecified atom stereocenters. The standard InChI is InChI=1S/C14H18O4/c1-10-4-5-11(12(8-10)17-2)18-14(6-3-7-14)9-13(15)16/h4-5,8H,3,6-7,9H2,1-2H3,(H,15,16). The minimum atomic E-state index is -0.819. The van der Waals surface area contributed by atoms with Crippen LogP contribution in [0, 0.1) is 6.92 Å². The molecule has 0 spiro atoms. The molecule has 1 fully saturated rings. The van der Waals surface area contributed by atoms with Crippen molar-refractivity contribution in [2.45, 2.75) is 38.2 Å². The Morgan fingerprint density at radius 1 is 1.39 bits per heavy atom. The number of benzene rings is 1. The molecule has 0 amide bonds. The molecule has 1 aromatic rings. The highest BCUT2D eigenvalue weighted by atomic mass is 16.5. The number of carboxylic acid groups (broad SMARTS) is 1. The maximum atomic E-state index is 10.9. The second kappa shape index (κ2) is 4.88. The van der Waals surface area contributed by atoms with E-state index < -0.39 is 11.6 Å². The molecule has 0 saturated heterocycles. The van der Waals surface area contributed by atoms with Gasteiger partial charge in [-0.05, 0) is 43.9 Å². The number of ether oxygens (including phenoxy) is 2. The van der Waals surface area contributed by atoms with Gasteiger partial charge in [0.15, 0.2) is 11.5 Å². The molecule has 0 aromatic heterocycles. The predicted molar refractivity (Wildman–Crippen MR) is 67.2 cm³/mol. The molecule has 0 aliphatic heterocycles. The zero-order chi connectivity index (χ0) is 13.2. The van der Waals surface area contributed by atoms with E-state index in [-0.39, 0.29) is 6.42 Å². The van der Waals surface area contributed by atoms with Gasteiger partial charge in [0, 0.05) is 0 Å². The highest BCUT2D eigenvalue weighted by Crippen LogP contribution is 2.42. The quantitative estimate of drug-likeness (QED) is 0.873. The number of methoxy groups -OCH3 is 1. The van der Waals surface area contributed by atoms with E-state index >= 15 is 0 Å². The van der Waals surface area contributed by atoms with Crippen molar-refractivity contribution in [3.05, 3.63) is 23.8 Å². The van der Waals surface area contributed by atoms with Gasteiger partial charge in [-0.25, -0.2) is 0 Å². The van der Waals surface area contributed by atoms with Crippen molar-refractivity contribution in [2.75, 3.05) is 7.11 Å². The molecule has 1 aliphatic rings. The van der Waals surface area contributed by atoms with E-state index in [0.29, 0.717) is 11.5 Å². The van der Waals surface area contributed by atoms with Crippen LogP contribution in [0.15, 0.2) is 18.2 Å². The van der Waals surface area contributed by atoms with Gasteiger partial charge in [0.2, 0.25) is 0 Å². The van der Waals surface area contributed by atoms with Gasteiger partial charge in [0.05, 0.1) is 13.5 Å². The first-order chi connectivity index (χ1) is 8.54. The van der Waals surface area contributed by atoms with E-state index in [9.17, 15) is 4.79 Å². The summed E-state index contributed by atoms with van der Waals surface area (Å²) in [5.41, 5.74) is 0.536. The van der Waals surface area contributed by atoms with Crippen LogP contribution < -0.4 is 9.47 Å². The summed E-state index contributed by atoms with van der Waals surface area (Å²) >= 11 is 0. The third kappa shape index (κ3) is 2.58. The highest BCUT2D eigenvalue weighted by molar-refractivity contribution is 5.68. The lowest BCUT2D eigenvalue weighted by Gasteiger charge is -2.41. The van der Waals surface area contributed by atoms with E-state index in [1.54, 1.807) is 7.11 Å². The molecule has 0 atom stereocenters. The largest absolute Gasteiger partial charge is 0.493 e. The molecular weight excluding hydrogens is 232 g/mol. The van der Waals surface area contributed by atoms with Crippen molar-refractivity contribution in [2.24, 2.45) is 0 Å². The molecule has 18 heavy (non-hydrogen) atoms. The summed E-state index contributed by atoms with van der Waals surface area (Å²) in [6.45, 7) is 1.97. The summed E-state index contributed by atoms with van der Waals surface area (Å²) in [6, 6.07) is 5.67. The Hall–Kier alpha value is -1.71. The number of aliphatic carboxylic acids is 1. The first kappa shape index (κ1) is 12.7. The molecular formula is C14H18O4. The minimum absolute atomic E-state index is 0.0457. The number of rotatable bonds is 5. The maximum absolute atomic E-state index is 10.9. The Kier molecular flexibility index (Phi) is 3.45. The van der Waals surface area contributed by atoms with Gasteiger partial charge in [0.1, 0.15) is 5.60 Å². The molecule has 98 valence electrons. The fraction of sp³-hybridized carbons (Fsp3) is 0.500. The van der Waals surface area contributed by atoms with Gasteiger partial charge in [0.25, 0.3) is 0 Å². The first-order valence-electron chi connectivity index (χ1n) is 6.10. The molecule has 0 radical (unpaired) electrons. The number of hydrogen-bond acceptors (Lipinski definition) is 3. The van der Waals surface area contributed by atoms with Crippen LogP contribution in [-0.4, -0.2) is 23.8 Å². The van der Waals surface area contributed by atoms with Gasteiger partial charge >= 0.3 is 5.97 Å². The predicted octanol–water partition coefficient (Wildman–Crippen LogP) is 2.78. The summed E-state index contributed by atoms with van der Waals surface area (Å²) in [5.74, 6) is 0.469. The Morgan fingerprint density at radius 2 is 2.11 bits per heavy atom. The average molecular weight is 250 g/mol. The van der Waals surface area contributed by atoms with Gasteiger partial charge < -0.3 is 14.6 Å². The van der Waals surface area contributed by atoms with Gasteiger partial charge in [-0.3, -0.25) is 4.79 Å². The number of carbonyl (C=O) groups is 1. The Morgan fingerprint density at radius 3 is 2.61 bits per heavy atom. The molecule has 0 bridgehead atoms. The van der Waals surface area contributed by atoms with E-state index in [0.717, 1.165) is 24.8 Å². The number of aryl methyl sites for hydroxylation is 1. The van der Waals surface area contributed by atoms with Crippen molar-refractivity contribution in [3.8, 4) is 11.5 Å². The van der Waals surface area contributed by atoms with Gasteiger partial charge in [-0.2, -0.15) is 0 Å². The second-order valence-corrected chi connectivity index (χ2v) is 4.86. The average Bonchev–Trinajstić information content (AvgIpc) is 2.27. The van der Waals surface area contributed by atoms with Crippen LogP contribution in [0.2, 0.25) is 0 Å². The lowest BCUT2D eigenvalue weighted by atomic mass is 9.77. The summed E-state index contributed by atoms with van der Waals surface area (Å²) in [6.07, 6.45) is 2.64. The highest BCUT2D eigenvalue weighted by Gasteiger charge is 2.42. The zero-order valence-electron chi connectivity index (χ0n) is 10.7. The van der Waals surface area contributed by atoms with Crippen LogP contribution >= 0.6 is 0 Å². The molecule has 4 heteroatoms. The van der Waals surface area contributed by atoms with Crippen LogP contribution in [0.25, 0.3) is 0 Å². The van der Waals surface area contributed by atoms with Crippen LogP contribution in [0.4, 0.5) is 0 Å². The maximum Gasteiger partial charge on any atom is 0.307 e. The van der Waals surface area contributed by atoms with Crippen molar-refractivity contribution in [1.29, 1.82) is 0 Å². The smallest absolute Gasteiger partial charge is 0.307 e. The fourth-order valence-electron chi connectivity index (χ4n) is 2.25. The van der Waals surface area contributed by atoms with Crippen LogP contribution in [0.5, 0.6) is 11.5 Å². The van der Waals surface area contributed by atoms with E-state index in [2.05, 4.69) is 0 Å². The summed E-state index contributed by atoms with van der Waals surface area (Å²) < 4.78 is 11.2. The lowest BCUT2D eigenvalue weighted by Crippen LogP contribution is -2.45. The number of carboxylic acids is 1. The Labute approximate surface area is 107 Å². The molecule has 1 saturated carbocycles. The van der Waals surface area contributed by atoms with Crippen molar-refractivity contribution in [1.82, 2.24) is 0 Å². The van der Waals surface area contributed by atoms with Crippen LogP contribution in [0.1, 0.15) is 31.2 Å². The topological polar surface area (TPSA) is 55.8 Å². The third-order valence-corrected chi connectivity index (χ3v) is 3.38. The summed E-state index contributed by atoms with van der Waals surface area (Å²) in [7, 11) is 1.59. The summed E-state index contributed by atoms with van der Waals surface area (Å²) in [5, 5.41) is 8.95. The molecule has 1 aromatic carbocycles. The van der Waals surface area contributed by atoms with Gasteiger partial charge in [-0.15, -0.1) is 0 Å². The molecule has 1 aliphatic carbocycles. The van der Waals surface area contributed by atoms with Crippen molar-refractivity contribution in [3.63, 3.8) is 0 Å². The Bertz CT molecular complexity index is 449. The summed E-state index contributed by atoms with van der Waals surface area (Å²) in [4.78, 5) is 10.9. The third-order valence-electron chi connectivity index (χ3n) is 3.38. The monoisotopic (exact) mass is 250 g/mol. The van der Waals surface area contributed by atoms with Crippen LogP contribution in [-0.2, 0) is 4.79 Å². The molecule has 2 rings (SSSR count). The molecule has 4 nitrogen and oxygen atoms in total. The van der Waals surface area contributed by atoms with E-state index in [1.165, 1.54) is 0 Å². The Balaban J connectivity index is 2.19. The van der Waals surface area contributed by atoms with Crippen molar-refractivity contribution < 1.29 is 19.4 Å². The number of hydrogen-bond donors (Lipinski definition) is 1.